The van der Waals surface area contributed by atoms with Crippen LogP contribution in [0, 0.1) is 67.5 Å². The van der Waals surface area contributed by atoms with E-state index in [1.165, 1.54) is 0 Å². The third-order valence-corrected chi connectivity index (χ3v) is 6.70. The maximum atomic E-state index is 13.3. The van der Waals surface area contributed by atoms with E-state index in [0.29, 0.717) is 0 Å². The quantitative estimate of drug-likeness (QED) is 0.565. The van der Waals surface area contributed by atoms with Gasteiger partial charge >= 0.3 is 0 Å². The van der Waals surface area contributed by atoms with Crippen molar-refractivity contribution >= 4 is 0 Å². The van der Waals surface area contributed by atoms with E-state index in [1.54, 1.807) is 0 Å². The number of aryl methyl sites for hydroxylation is 4. The van der Waals surface area contributed by atoms with Gasteiger partial charge in [-0.3, -0.25) is 0 Å². The van der Waals surface area contributed by atoms with Gasteiger partial charge in [0.2, 0.25) is 0 Å². The fourth-order valence-electron chi connectivity index (χ4n) is 4.64. The number of benzene rings is 2. The molecule has 146 valence electrons. The van der Waals surface area contributed by atoms with E-state index in [9.17, 15) is 10.2 Å². The Hall–Kier alpha value is 0.568. The molecular weight excluding hydrogens is 498 g/mol. The second kappa shape index (κ2) is 9.80. The van der Waals surface area contributed by atoms with Crippen LogP contribution in [0.15, 0.2) is 0 Å². The molecule has 0 bridgehead atoms. The van der Waals surface area contributed by atoms with Gasteiger partial charge in [0.1, 0.15) is 0 Å². The Labute approximate surface area is 220 Å². The van der Waals surface area contributed by atoms with Gasteiger partial charge in [0.15, 0.2) is 0 Å². The molecule has 0 spiro atoms. The van der Waals surface area contributed by atoms with Gasteiger partial charge in [-0.1, -0.05) is 67.2 Å². The Balaban J connectivity index is 0.00000196. The van der Waals surface area contributed by atoms with Crippen molar-refractivity contribution in [3.8, 4) is 0 Å². The van der Waals surface area contributed by atoms with Crippen LogP contribution in [0.5, 0.6) is 0 Å². The smallest absolute Gasteiger partial charge is 0 e. The monoisotopic (exact) mass is 526 g/mol. The van der Waals surface area contributed by atoms with Crippen LogP contribution >= 0.6 is 0 Å². The molecule has 0 aromatic heterocycles. The first kappa shape index (κ1) is 26.6. The molecule has 2 aromatic rings. The van der Waals surface area contributed by atoms with E-state index >= 15 is 0 Å². The second-order valence-corrected chi connectivity index (χ2v) is 8.06. The van der Waals surface area contributed by atoms with E-state index in [0.717, 1.165) is 55.6 Å². The second-order valence-electron chi connectivity index (χ2n) is 8.06. The molecular formula is C24H28O2Y2-4. The molecule has 1 fully saturated rings. The normalized spacial score (nSPS) is 23.5. The summed E-state index contributed by atoms with van der Waals surface area (Å²) in [4.78, 5) is 0. The molecule has 0 aliphatic heterocycles. The van der Waals surface area contributed by atoms with Crippen molar-refractivity contribution in [2.45, 2.75) is 79.4 Å². The predicted molar refractivity (Wildman–Crippen MR) is 102 cm³/mol. The summed E-state index contributed by atoms with van der Waals surface area (Å²) in [5.41, 5.74) is 10.3. The summed E-state index contributed by atoms with van der Waals surface area (Å²) in [5, 5.41) is 26.6. The standard InChI is InChI=1S/C24H28O2.2Y/c1-11-9-12(2)16(6)19(15(11)5)21-23(25)22(24(21)26)20-17(7)13(3)10-14(4)18(20)8;;/h21-24H,1-8H3;;/q-4;;. The van der Waals surface area contributed by atoms with Gasteiger partial charge in [-0.05, 0) is 0 Å². The van der Waals surface area contributed by atoms with Crippen LogP contribution in [0.1, 0.15) is 67.5 Å². The molecule has 2 aromatic carbocycles. The maximum Gasteiger partial charge on any atom is 0 e. The molecule has 0 amide bonds. The molecule has 3 rings (SSSR count). The van der Waals surface area contributed by atoms with Crippen LogP contribution in [0.2, 0.25) is 0 Å². The molecule has 28 heavy (non-hydrogen) atoms. The topological polar surface area (TPSA) is 46.1 Å². The maximum absolute atomic E-state index is 13.3. The molecule has 2 nitrogen and oxygen atoms in total. The fourth-order valence-corrected chi connectivity index (χ4v) is 4.64. The Morgan fingerprint density at radius 1 is 0.500 bits per heavy atom. The summed E-state index contributed by atoms with van der Waals surface area (Å²) < 4.78 is 0. The van der Waals surface area contributed by atoms with Crippen LogP contribution < -0.4 is 10.2 Å². The van der Waals surface area contributed by atoms with Gasteiger partial charge in [0, 0.05) is 65.4 Å². The zero-order valence-electron chi connectivity index (χ0n) is 18.3. The molecule has 0 heterocycles. The van der Waals surface area contributed by atoms with Crippen molar-refractivity contribution in [3.05, 3.63) is 67.8 Å². The summed E-state index contributed by atoms with van der Waals surface area (Å²) >= 11 is 0. The van der Waals surface area contributed by atoms with Crippen molar-refractivity contribution in [3.63, 3.8) is 0 Å². The van der Waals surface area contributed by atoms with E-state index in [1.807, 2.05) is 55.4 Å². The molecule has 2 radical (unpaired) electrons. The van der Waals surface area contributed by atoms with Crippen molar-refractivity contribution in [2.24, 2.45) is 0 Å². The van der Waals surface area contributed by atoms with Crippen molar-refractivity contribution < 1.29 is 75.6 Å². The number of hydrogen-bond donors (Lipinski definition) is 0. The van der Waals surface area contributed by atoms with E-state index in [2.05, 4.69) is 12.1 Å². The Morgan fingerprint density at radius 3 is 0.929 bits per heavy atom. The van der Waals surface area contributed by atoms with Crippen molar-refractivity contribution in [2.75, 3.05) is 0 Å². The van der Waals surface area contributed by atoms with Gasteiger partial charge in [-0.25, -0.2) is 0 Å². The molecule has 0 atom stereocenters. The molecule has 0 N–H and O–H groups in total. The van der Waals surface area contributed by atoms with Gasteiger partial charge in [-0.2, -0.15) is 67.8 Å². The predicted octanol–water partition coefficient (Wildman–Crippen LogP) is 3.09. The van der Waals surface area contributed by atoms with Gasteiger partial charge < -0.3 is 10.2 Å². The average molecular weight is 526 g/mol. The molecule has 1 aliphatic rings. The minimum absolute atomic E-state index is 0. The largest absolute Gasteiger partial charge is 0.851 e. The summed E-state index contributed by atoms with van der Waals surface area (Å²) in [6, 6.07) is 6.70. The molecule has 0 unspecified atom stereocenters. The average Bonchev–Trinajstić information content (AvgIpc) is 2.58. The van der Waals surface area contributed by atoms with Crippen LogP contribution in [0.4, 0.5) is 0 Å². The third-order valence-electron chi connectivity index (χ3n) is 6.70. The fraction of sp³-hybridized carbons (Fsp3) is 0.500. The summed E-state index contributed by atoms with van der Waals surface area (Å²) in [7, 11) is 0. The first-order valence-electron chi connectivity index (χ1n) is 9.38. The molecule has 1 saturated carbocycles. The summed E-state index contributed by atoms with van der Waals surface area (Å²) in [6.45, 7) is 16.1. The Morgan fingerprint density at radius 2 is 0.714 bits per heavy atom. The van der Waals surface area contributed by atoms with Crippen molar-refractivity contribution in [1.29, 1.82) is 0 Å². The van der Waals surface area contributed by atoms with Crippen LogP contribution in [0.3, 0.4) is 0 Å². The summed E-state index contributed by atoms with van der Waals surface area (Å²) in [5.74, 6) is -0.925. The van der Waals surface area contributed by atoms with Crippen LogP contribution in [0.25, 0.3) is 0 Å². The Kier molecular flexibility index (Phi) is 9.31. The zero-order valence-corrected chi connectivity index (χ0v) is 24.0. The van der Waals surface area contributed by atoms with E-state index in [-0.39, 0.29) is 65.4 Å². The first-order chi connectivity index (χ1) is 12.1. The Bertz CT molecular complexity index is 755. The minimum atomic E-state index is -0.894. The molecule has 1 aliphatic carbocycles. The van der Waals surface area contributed by atoms with Crippen LogP contribution in [-0.4, -0.2) is 12.2 Å². The molecule has 4 heteroatoms. The van der Waals surface area contributed by atoms with E-state index in [4.69, 9.17) is 0 Å². The van der Waals surface area contributed by atoms with E-state index < -0.39 is 24.0 Å². The van der Waals surface area contributed by atoms with Gasteiger partial charge in [0.25, 0.3) is 0 Å². The third kappa shape index (κ3) is 4.17. The number of rotatable bonds is 2. The van der Waals surface area contributed by atoms with Gasteiger partial charge in [-0.15, -0.1) is 12.2 Å². The summed E-state index contributed by atoms with van der Waals surface area (Å²) in [6.07, 6.45) is -1.79. The van der Waals surface area contributed by atoms with Crippen molar-refractivity contribution in [1.82, 2.24) is 0 Å². The van der Waals surface area contributed by atoms with Gasteiger partial charge in [0.05, 0.1) is 0 Å². The zero-order chi connectivity index (χ0) is 19.5. The SMILES string of the molecule is Cc1[c-]c(C)c(C)c(C2C([O-])C(c3c(C)c(C)[c-]c(C)c3C)C2[O-])c1C.[Y].[Y]. The van der Waals surface area contributed by atoms with Crippen LogP contribution in [-0.2, 0) is 65.4 Å². The number of hydrogen-bond acceptors (Lipinski definition) is 2. The first-order valence-corrected chi connectivity index (χ1v) is 9.38. The minimum Gasteiger partial charge on any atom is -0.851 e. The molecule has 0 saturated heterocycles.